The Morgan fingerprint density at radius 1 is 0.854 bits per heavy atom. The smallest absolute Gasteiger partial charge is 0.410 e. The summed E-state index contributed by atoms with van der Waals surface area (Å²) in [6.07, 6.45) is -2.44. The van der Waals surface area contributed by atoms with Crippen LogP contribution in [0.15, 0.2) is 24.3 Å². The number of carbonyl (C=O) groups is 3. The first kappa shape index (κ1) is 26.7. The van der Waals surface area contributed by atoms with Crippen molar-refractivity contribution < 1.29 is 52.6 Å². The van der Waals surface area contributed by atoms with Crippen molar-refractivity contribution in [3.05, 3.63) is 41.0 Å². The van der Waals surface area contributed by atoms with Crippen LogP contribution >= 0.6 is 0 Å². The molecule has 0 bridgehead atoms. The molecule has 2 fully saturated rings. The molecule has 13 heteroatoms. The fourth-order valence-electron chi connectivity index (χ4n) is 6.21. The maximum atomic E-state index is 13.4. The normalized spacial score (nSPS) is 24.2. The first-order valence-corrected chi connectivity index (χ1v) is 13.2. The molecule has 1 aliphatic carbocycles. The van der Waals surface area contributed by atoms with Crippen molar-refractivity contribution in [3.8, 4) is 28.7 Å². The van der Waals surface area contributed by atoms with Gasteiger partial charge in [0.25, 0.3) is 0 Å². The minimum Gasteiger partial charge on any atom is -0.493 e. The van der Waals surface area contributed by atoms with Crippen LogP contribution in [0.2, 0.25) is 0 Å². The molecule has 4 aliphatic rings. The maximum absolute atomic E-state index is 13.4. The number of nitrogens with zero attached hydrogens (tertiary/aromatic N) is 2. The summed E-state index contributed by atoms with van der Waals surface area (Å²) >= 11 is 0. The highest BCUT2D eigenvalue weighted by Crippen LogP contribution is 2.56. The van der Waals surface area contributed by atoms with E-state index in [1.165, 1.54) is 31.1 Å². The number of amides is 2. The topological polar surface area (TPSA) is 143 Å². The van der Waals surface area contributed by atoms with Gasteiger partial charge in [-0.1, -0.05) is 0 Å². The molecule has 6 rings (SSSR count). The second kappa shape index (κ2) is 10.5. The van der Waals surface area contributed by atoms with Crippen LogP contribution in [-0.2, 0) is 14.3 Å². The van der Waals surface area contributed by atoms with Gasteiger partial charge < -0.3 is 48.1 Å². The van der Waals surface area contributed by atoms with E-state index in [9.17, 15) is 19.5 Å². The van der Waals surface area contributed by atoms with Crippen molar-refractivity contribution in [2.45, 2.75) is 12.0 Å². The molecule has 2 aromatic rings. The molecule has 0 saturated carbocycles. The van der Waals surface area contributed by atoms with Gasteiger partial charge in [0.05, 0.1) is 33.9 Å². The lowest BCUT2D eigenvalue weighted by atomic mass is 9.66. The second-order valence-corrected chi connectivity index (χ2v) is 10.2. The molecule has 0 spiro atoms. The zero-order chi connectivity index (χ0) is 28.8. The Kier molecular flexibility index (Phi) is 6.80. The number of esters is 1. The number of carbonyl (C=O) groups excluding carboxylic acids is 2. The summed E-state index contributed by atoms with van der Waals surface area (Å²) in [4.78, 5) is 40.7. The fraction of sp³-hybridized carbons (Fsp3) is 0.464. The van der Waals surface area contributed by atoms with E-state index in [0.29, 0.717) is 34.3 Å². The Balaban J connectivity index is 1.42. The number of ether oxygens (including phenoxy) is 7. The molecule has 2 saturated heterocycles. The molecule has 3 heterocycles. The first-order chi connectivity index (χ1) is 19.8. The van der Waals surface area contributed by atoms with Crippen LogP contribution in [0.4, 0.5) is 9.59 Å². The number of benzene rings is 2. The molecule has 2 aromatic carbocycles. The van der Waals surface area contributed by atoms with Crippen molar-refractivity contribution in [1.82, 2.24) is 9.80 Å². The molecular formula is C28H30N2O11. The molecule has 0 radical (unpaired) electrons. The molecular weight excluding hydrogens is 540 g/mol. The molecule has 2 amide bonds. The summed E-state index contributed by atoms with van der Waals surface area (Å²) in [5.74, 6) is 0.197. The lowest BCUT2D eigenvalue weighted by Crippen LogP contribution is -2.51. The third-order valence-electron chi connectivity index (χ3n) is 8.20. The maximum Gasteiger partial charge on any atom is 0.410 e. The number of cyclic esters (lactones) is 1. The predicted octanol–water partition coefficient (Wildman–Crippen LogP) is 2.85. The monoisotopic (exact) mass is 570 g/mol. The Labute approximate surface area is 235 Å². The van der Waals surface area contributed by atoms with E-state index in [1.807, 2.05) is 6.07 Å². The lowest BCUT2D eigenvalue weighted by molar-refractivity contribution is -0.141. The average Bonchev–Trinajstić information content (AvgIpc) is 3.61. The van der Waals surface area contributed by atoms with Crippen molar-refractivity contribution in [2.24, 2.45) is 11.8 Å². The fourth-order valence-corrected chi connectivity index (χ4v) is 6.21. The van der Waals surface area contributed by atoms with Crippen LogP contribution in [0.25, 0.3) is 0 Å². The number of hydrogen-bond acceptors (Lipinski definition) is 10. The van der Waals surface area contributed by atoms with Crippen LogP contribution in [-0.4, -0.2) is 94.0 Å². The molecule has 0 unspecified atom stereocenters. The van der Waals surface area contributed by atoms with E-state index in [2.05, 4.69) is 0 Å². The molecule has 0 aromatic heterocycles. The number of fused-ring (bicyclic) bond motifs is 3. The van der Waals surface area contributed by atoms with Gasteiger partial charge in [-0.15, -0.1) is 0 Å². The van der Waals surface area contributed by atoms with Crippen molar-refractivity contribution in [3.63, 3.8) is 0 Å². The Morgan fingerprint density at radius 2 is 1.46 bits per heavy atom. The number of carboxylic acid groups (broad SMARTS) is 1. The third kappa shape index (κ3) is 4.45. The third-order valence-corrected chi connectivity index (χ3v) is 8.20. The number of piperazine rings is 1. The van der Waals surface area contributed by atoms with Gasteiger partial charge in [-0.2, -0.15) is 0 Å². The van der Waals surface area contributed by atoms with Gasteiger partial charge in [0, 0.05) is 43.6 Å². The zero-order valence-corrected chi connectivity index (χ0v) is 22.8. The van der Waals surface area contributed by atoms with Crippen LogP contribution in [0.3, 0.4) is 0 Å². The van der Waals surface area contributed by atoms with Crippen molar-refractivity contribution in [2.75, 3.05) is 60.9 Å². The standard InChI is InChI=1S/C28H30N2O11/c1-35-20-8-14(9-21(36-2)25(20)37-3)22-15-10-18-19(40-13-39-18)11-16(15)24(17-12-38-26(31)23(17)22)41-28(34)30-6-4-29(5-7-30)27(32)33/h8-11,17,22-24H,4-7,12-13H2,1-3H3,(H,32,33)/t17-,22+,23-,24+/m0/s1. The van der Waals surface area contributed by atoms with E-state index in [-0.39, 0.29) is 39.6 Å². The molecule has 41 heavy (non-hydrogen) atoms. The molecule has 13 nitrogen and oxygen atoms in total. The quantitative estimate of drug-likeness (QED) is 0.530. The second-order valence-electron chi connectivity index (χ2n) is 10.2. The van der Waals surface area contributed by atoms with Crippen LogP contribution in [0.5, 0.6) is 28.7 Å². The van der Waals surface area contributed by atoms with E-state index in [4.69, 9.17) is 33.2 Å². The molecule has 218 valence electrons. The van der Waals surface area contributed by atoms with E-state index in [0.717, 1.165) is 11.1 Å². The number of hydrogen-bond donors (Lipinski definition) is 1. The van der Waals surface area contributed by atoms with Crippen LogP contribution in [0.1, 0.15) is 28.7 Å². The summed E-state index contributed by atoms with van der Waals surface area (Å²) in [5.41, 5.74) is 2.12. The minimum absolute atomic E-state index is 0.0419. The van der Waals surface area contributed by atoms with Gasteiger partial charge in [0.1, 0.15) is 6.10 Å². The van der Waals surface area contributed by atoms with Gasteiger partial charge in [-0.3, -0.25) is 4.79 Å². The molecule has 1 N–H and O–H groups in total. The summed E-state index contributed by atoms with van der Waals surface area (Å²) < 4.78 is 39.7. The molecule has 4 atom stereocenters. The summed E-state index contributed by atoms with van der Waals surface area (Å²) in [7, 11) is 4.56. The minimum atomic E-state index is -1.03. The van der Waals surface area contributed by atoms with Gasteiger partial charge in [-0.05, 0) is 35.4 Å². The SMILES string of the molecule is COc1cc([C@@H]2c3cc4c(cc3[C@@H](OC(=O)N3CCN(C(=O)O)CC3)[C@H]3COC(=O)[C@H]23)OCO4)cc(OC)c1OC. The van der Waals surface area contributed by atoms with E-state index < -0.39 is 42.0 Å². The first-order valence-electron chi connectivity index (χ1n) is 13.2. The Hall–Kier alpha value is -4.55. The van der Waals surface area contributed by atoms with E-state index in [1.54, 1.807) is 18.2 Å². The summed E-state index contributed by atoms with van der Waals surface area (Å²) in [5, 5.41) is 9.25. The average molecular weight is 571 g/mol. The van der Waals surface area contributed by atoms with Gasteiger partial charge in [0.15, 0.2) is 23.0 Å². The van der Waals surface area contributed by atoms with Crippen LogP contribution in [0, 0.1) is 11.8 Å². The predicted molar refractivity (Wildman–Crippen MR) is 139 cm³/mol. The van der Waals surface area contributed by atoms with Crippen LogP contribution < -0.4 is 23.7 Å². The number of methoxy groups -OCH3 is 3. The highest BCUT2D eigenvalue weighted by atomic mass is 16.7. The largest absolute Gasteiger partial charge is 0.493 e. The Bertz CT molecular complexity index is 1360. The van der Waals surface area contributed by atoms with Gasteiger partial charge in [0.2, 0.25) is 12.5 Å². The zero-order valence-electron chi connectivity index (χ0n) is 22.8. The van der Waals surface area contributed by atoms with Gasteiger partial charge in [-0.25, -0.2) is 9.59 Å². The van der Waals surface area contributed by atoms with Gasteiger partial charge >= 0.3 is 18.2 Å². The van der Waals surface area contributed by atoms with Crippen molar-refractivity contribution in [1.29, 1.82) is 0 Å². The molecule has 3 aliphatic heterocycles. The number of rotatable bonds is 5. The van der Waals surface area contributed by atoms with E-state index >= 15 is 0 Å². The Morgan fingerprint density at radius 3 is 2.05 bits per heavy atom. The highest BCUT2D eigenvalue weighted by molar-refractivity contribution is 5.79. The lowest BCUT2D eigenvalue weighted by Gasteiger charge is -2.40. The summed E-state index contributed by atoms with van der Waals surface area (Å²) in [6.45, 7) is 0.860. The summed E-state index contributed by atoms with van der Waals surface area (Å²) in [6, 6.07) is 7.22. The van der Waals surface area contributed by atoms with Crippen molar-refractivity contribution >= 4 is 18.2 Å². The highest BCUT2D eigenvalue weighted by Gasteiger charge is 2.54.